The third kappa shape index (κ3) is 4.32. The minimum atomic E-state index is -1.69. The Morgan fingerprint density at radius 1 is 0.593 bits per heavy atom. The third-order valence-corrected chi connectivity index (χ3v) is 9.07. The van der Waals surface area contributed by atoms with Gasteiger partial charge in [-0.2, -0.15) is 0 Å². The number of hydrogen-bond donors (Lipinski definition) is 2. The number of hydrogen-bond acceptors (Lipinski definition) is 4. The maximum absolute atomic E-state index is 6.46. The van der Waals surface area contributed by atoms with Gasteiger partial charge in [-0.15, -0.1) is 0 Å². The first-order chi connectivity index (χ1) is 13.3. The van der Waals surface area contributed by atoms with Crippen LogP contribution in [0, 0.1) is 0 Å². The molecule has 0 saturated heterocycles. The molecule has 0 spiro atoms. The molecular formula is C22H20N2O2Zn. The van der Waals surface area contributed by atoms with Crippen molar-refractivity contribution in [1.29, 1.82) is 0 Å². The second-order valence-electron chi connectivity index (χ2n) is 6.51. The number of ether oxygens (including phenoxy) is 2. The van der Waals surface area contributed by atoms with Crippen molar-refractivity contribution in [2.45, 2.75) is 8.64 Å². The summed E-state index contributed by atoms with van der Waals surface area (Å²) in [5, 5.41) is 6.91. The summed E-state index contributed by atoms with van der Waals surface area (Å²) in [6.45, 7) is 0. The van der Waals surface area contributed by atoms with Crippen molar-refractivity contribution in [2.75, 3.05) is 0 Å². The van der Waals surface area contributed by atoms with Crippen LogP contribution in [-0.2, 0) is 17.1 Å². The van der Waals surface area contributed by atoms with E-state index in [0.717, 1.165) is 11.5 Å². The summed E-state index contributed by atoms with van der Waals surface area (Å²) < 4.78 is 11.8. The molecule has 0 amide bonds. The Hall–Kier alpha value is -2.78. The van der Waals surface area contributed by atoms with Gasteiger partial charge < -0.3 is 0 Å². The van der Waals surface area contributed by atoms with Crippen molar-refractivity contribution in [1.82, 2.24) is 10.6 Å². The van der Waals surface area contributed by atoms with Gasteiger partial charge >= 0.3 is 167 Å². The zero-order valence-corrected chi connectivity index (χ0v) is 17.9. The van der Waals surface area contributed by atoms with Gasteiger partial charge in [0.1, 0.15) is 0 Å². The number of benzene rings is 2. The summed E-state index contributed by atoms with van der Waals surface area (Å²) in [5.74, 6) is 1.67. The summed E-state index contributed by atoms with van der Waals surface area (Å²) in [6, 6.07) is 19.8. The summed E-state index contributed by atoms with van der Waals surface area (Å²) >= 11 is -1.69. The van der Waals surface area contributed by atoms with Crippen LogP contribution in [0.1, 0.15) is 0 Å². The monoisotopic (exact) mass is 408 g/mol. The molecule has 0 fully saturated rings. The fourth-order valence-corrected chi connectivity index (χ4v) is 7.84. The molecule has 4 rings (SSSR count). The fraction of sp³-hybridized carbons (Fsp3) is 0.0909. The Bertz CT molecular complexity index is 806. The van der Waals surface area contributed by atoms with Gasteiger partial charge in [-0.3, -0.25) is 0 Å². The molecule has 0 bridgehead atoms. The van der Waals surface area contributed by atoms with E-state index in [9.17, 15) is 0 Å². The summed E-state index contributed by atoms with van der Waals surface area (Å²) in [6.07, 6.45) is 16.1. The average molecular weight is 410 g/mol. The van der Waals surface area contributed by atoms with Crippen molar-refractivity contribution in [3.05, 3.63) is 110 Å². The first-order valence-electron chi connectivity index (χ1n) is 9.00. The molecule has 0 aromatic heterocycles. The Balaban J connectivity index is 1.64. The van der Waals surface area contributed by atoms with Gasteiger partial charge in [-0.05, 0) is 0 Å². The van der Waals surface area contributed by atoms with Crippen molar-refractivity contribution in [2.24, 2.45) is 0 Å². The van der Waals surface area contributed by atoms with E-state index < -0.39 is 25.8 Å². The standard InChI is InChI=1S/2C11H10NO.Zn/c2*1-2-6-10(7-3-1)13-11-8-4-5-9-12-11;/h2*1-9,12H;. The number of para-hydroxylation sites is 2. The summed E-state index contributed by atoms with van der Waals surface area (Å²) in [4.78, 5) is 0. The van der Waals surface area contributed by atoms with E-state index in [2.05, 4.69) is 22.8 Å². The van der Waals surface area contributed by atoms with E-state index in [1.54, 1.807) is 0 Å². The van der Waals surface area contributed by atoms with Crippen LogP contribution in [-0.4, -0.2) is 8.64 Å². The Labute approximate surface area is 166 Å². The molecule has 2 aliphatic rings. The van der Waals surface area contributed by atoms with Gasteiger partial charge in [0, 0.05) is 0 Å². The quantitative estimate of drug-likeness (QED) is 0.711. The molecule has 2 heterocycles. The van der Waals surface area contributed by atoms with E-state index in [1.807, 2.05) is 97.4 Å². The molecule has 2 aromatic carbocycles. The SMILES string of the molecule is C1=CN[C](Oc2ccccc2)([Zn][C]2(Oc3ccccc3)C=CC=CN2)C=C1. The number of allylic oxidation sites excluding steroid dienone is 4. The van der Waals surface area contributed by atoms with E-state index in [4.69, 9.17) is 9.47 Å². The summed E-state index contributed by atoms with van der Waals surface area (Å²) in [7, 11) is 0. The molecule has 2 unspecified atom stereocenters. The fourth-order valence-electron chi connectivity index (χ4n) is 3.21. The van der Waals surface area contributed by atoms with Gasteiger partial charge in [0.25, 0.3) is 0 Å². The van der Waals surface area contributed by atoms with E-state index >= 15 is 0 Å². The van der Waals surface area contributed by atoms with E-state index in [-0.39, 0.29) is 0 Å². The first kappa shape index (κ1) is 17.6. The van der Waals surface area contributed by atoms with Gasteiger partial charge in [-0.25, -0.2) is 0 Å². The third-order valence-electron chi connectivity index (χ3n) is 4.41. The molecule has 2 aromatic rings. The molecular weight excluding hydrogens is 390 g/mol. The van der Waals surface area contributed by atoms with Crippen LogP contribution in [0.15, 0.2) is 110 Å². The predicted octanol–water partition coefficient (Wildman–Crippen LogP) is 3.88. The Morgan fingerprint density at radius 3 is 1.41 bits per heavy atom. The van der Waals surface area contributed by atoms with Crippen LogP contribution < -0.4 is 20.1 Å². The van der Waals surface area contributed by atoms with Crippen LogP contribution in [0.3, 0.4) is 0 Å². The molecule has 0 radical (unpaired) electrons. The zero-order chi connectivity index (χ0) is 18.4. The molecule has 132 valence electrons. The van der Waals surface area contributed by atoms with Crippen LogP contribution in [0.5, 0.6) is 11.5 Å². The molecule has 0 aliphatic carbocycles. The molecule has 4 nitrogen and oxygen atoms in total. The molecule has 2 N–H and O–H groups in total. The van der Waals surface area contributed by atoms with Crippen LogP contribution in [0.25, 0.3) is 0 Å². The molecule has 2 aliphatic heterocycles. The van der Waals surface area contributed by atoms with Gasteiger partial charge in [0.05, 0.1) is 0 Å². The van der Waals surface area contributed by atoms with Crippen molar-refractivity contribution in [3.63, 3.8) is 0 Å². The predicted molar refractivity (Wildman–Crippen MR) is 102 cm³/mol. The van der Waals surface area contributed by atoms with E-state index in [1.165, 1.54) is 0 Å². The molecule has 5 heteroatoms. The second-order valence-corrected chi connectivity index (χ2v) is 11.7. The van der Waals surface area contributed by atoms with Gasteiger partial charge in [0.15, 0.2) is 0 Å². The van der Waals surface area contributed by atoms with E-state index in [0.29, 0.717) is 0 Å². The Kier molecular flexibility index (Phi) is 5.13. The number of nitrogens with one attached hydrogen (secondary N) is 2. The van der Waals surface area contributed by atoms with Gasteiger partial charge in [-0.1, -0.05) is 0 Å². The van der Waals surface area contributed by atoms with Crippen LogP contribution in [0.4, 0.5) is 0 Å². The topological polar surface area (TPSA) is 42.5 Å². The van der Waals surface area contributed by atoms with Crippen LogP contribution >= 0.6 is 0 Å². The van der Waals surface area contributed by atoms with Crippen molar-refractivity contribution in [3.8, 4) is 11.5 Å². The Morgan fingerprint density at radius 2 is 1.04 bits per heavy atom. The summed E-state index contributed by atoms with van der Waals surface area (Å²) in [5.41, 5.74) is 0. The molecule has 27 heavy (non-hydrogen) atoms. The average Bonchev–Trinajstić information content (AvgIpc) is 2.70. The molecule has 2 atom stereocenters. The first-order valence-corrected chi connectivity index (χ1v) is 12.0. The maximum atomic E-state index is 6.46. The zero-order valence-electron chi connectivity index (χ0n) is 14.9. The number of rotatable bonds is 6. The van der Waals surface area contributed by atoms with Crippen molar-refractivity contribution < 1.29 is 26.6 Å². The van der Waals surface area contributed by atoms with Crippen molar-refractivity contribution >= 4 is 0 Å². The minimum absolute atomic E-state index is 0.569. The normalized spacial score (nSPS) is 25.2. The second kappa shape index (κ2) is 7.85. The van der Waals surface area contributed by atoms with Crippen LogP contribution in [0.2, 0.25) is 0 Å². The van der Waals surface area contributed by atoms with Gasteiger partial charge in [0.2, 0.25) is 0 Å². The number of dihydropyridines is 2. The molecule has 0 saturated carbocycles.